The topological polar surface area (TPSA) is 43.4 Å². The standard InChI is InChI=1S/C10H12Br2O3/c1-9(4-11)6-2-3-10(9,5-12)8(14)15-7(6)13/h6H,2-5H2,1H3/t6-,9+,10+/m1/s1. The molecular formula is C10H12Br2O3. The maximum atomic E-state index is 11.9. The van der Waals surface area contributed by atoms with Crippen molar-refractivity contribution < 1.29 is 14.3 Å². The van der Waals surface area contributed by atoms with Gasteiger partial charge in [0.05, 0.1) is 11.3 Å². The Bertz CT molecular complexity index is 331. The number of hydrogen-bond donors (Lipinski definition) is 0. The molecule has 15 heavy (non-hydrogen) atoms. The van der Waals surface area contributed by atoms with E-state index in [1.807, 2.05) is 6.92 Å². The van der Waals surface area contributed by atoms with E-state index in [4.69, 9.17) is 4.74 Å². The summed E-state index contributed by atoms with van der Waals surface area (Å²) in [7, 11) is 0. The van der Waals surface area contributed by atoms with Gasteiger partial charge in [-0.1, -0.05) is 38.8 Å². The van der Waals surface area contributed by atoms with Crippen LogP contribution >= 0.6 is 31.9 Å². The second-order valence-electron chi connectivity index (χ2n) is 4.57. The van der Waals surface area contributed by atoms with Gasteiger partial charge < -0.3 is 4.74 Å². The Morgan fingerprint density at radius 3 is 2.60 bits per heavy atom. The molecule has 0 amide bonds. The zero-order valence-electron chi connectivity index (χ0n) is 8.39. The van der Waals surface area contributed by atoms with E-state index in [2.05, 4.69) is 31.9 Å². The van der Waals surface area contributed by atoms with E-state index in [9.17, 15) is 9.59 Å². The summed E-state index contributed by atoms with van der Waals surface area (Å²) in [5, 5.41) is 1.21. The number of carbonyl (C=O) groups is 2. The summed E-state index contributed by atoms with van der Waals surface area (Å²) >= 11 is 6.84. The molecule has 0 unspecified atom stereocenters. The molecule has 0 N–H and O–H groups in total. The van der Waals surface area contributed by atoms with Crippen molar-refractivity contribution >= 4 is 43.8 Å². The first-order valence-electron chi connectivity index (χ1n) is 4.90. The van der Waals surface area contributed by atoms with Gasteiger partial charge in [0.2, 0.25) is 0 Å². The van der Waals surface area contributed by atoms with Crippen LogP contribution in [0.3, 0.4) is 0 Å². The van der Waals surface area contributed by atoms with Crippen LogP contribution in [0.2, 0.25) is 0 Å². The van der Waals surface area contributed by atoms with Crippen LogP contribution < -0.4 is 0 Å². The van der Waals surface area contributed by atoms with Gasteiger partial charge in [0.25, 0.3) is 0 Å². The lowest BCUT2D eigenvalue weighted by Gasteiger charge is -2.44. The lowest BCUT2D eigenvalue weighted by Crippen LogP contribution is -2.55. The average molecular weight is 340 g/mol. The molecule has 5 heteroatoms. The minimum absolute atomic E-state index is 0.146. The van der Waals surface area contributed by atoms with Crippen molar-refractivity contribution in [3.63, 3.8) is 0 Å². The molecule has 2 fully saturated rings. The van der Waals surface area contributed by atoms with Crippen molar-refractivity contribution in [2.45, 2.75) is 19.8 Å². The molecule has 3 nitrogen and oxygen atoms in total. The quantitative estimate of drug-likeness (QED) is 0.440. The van der Waals surface area contributed by atoms with Gasteiger partial charge in [-0.25, -0.2) is 0 Å². The Labute approximate surface area is 105 Å². The number of halogens is 2. The molecule has 1 aliphatic carbocycles. The Balaban J connectivity index is 2.53. The summed E-state index contributed by atoms with van der Waals surface area (Å²) in [5.74, 6) is -0.858. The highest BCUT2D eigenvalue weighted by atomic mass is 79.9. The number of ether oxygens (including phenoxy) is 1. The van der Waals surface area contributed by atoms with Crippen LogP contribution in [0.15, 0.2) is 0 Å². The van der Waals surface area contributed by atoms with E-state index in [0.29, 0.717) is 10.7 Å². The summed E-state index contributed by atoms with van der Waals surface area (Å²) < 4.78 is 4.84. The van der Waals surface area contributed by atoms with E-state index in [-0.39, 0.29) is 23.3 Å². The van der Waals surface area contributed by atoms with Crippen molar-refractivity contribution in [2.24, 2.45) is 16.7 Å². The third kappa shape index (κ3) is 1.22. The minimum atomic E-state index is -0.533. The third-order valence-electron chi connectivity index (χ3n) is 4.10. The average Bonchev–Trinajstić information content (AvgIpc) is 2.44. The van der Waals surface area contributed by atoms with Crippen LogP contribution in [-0.2, 0) is 14.3 Å². The number of alkyl halides is 2. The van der Waals surface area contributed by atoms with Gasteiger partial charge in [0, 0.05) is 16.1 Å². The first kappa shape index (κ1) is 11.6. The van der Waals surface area contributed by atoms with Crippen LogP contribution in [0.25, 0.3) is 0 Å². The van der Waals surface area contributed by atoms with E-state index < -0.39 is 5.41 Å². The smallest absolute Gasteiger partial charge is 0.321 e. The van der Waals surface area contributed by atoms with Crippen LogP contribution in [0.1, 0.15) is 19.8 Å². The van der Waals surface area contributed by atoms with Crippen LogP contribution in [-0.4, -0.2) is 22.6 Å². The molecule has 2 aliphatic rings. The first-order chi connectivity index (χ1) is 7.02. The summed E-state index contributed by atoms with van der Waals surface area (Å²) in [6.07, 6.45) is 1.48. The summed E-state index contributed by atoms with van der Waals surface area (Å²) in [5.41, 5.74) is -0.849. The van der Waals surface area contributed by atoms with Gasteiger partial charge in [-0.05, 0) is 12.8 Å². The highest BCUT2D eigenvalue weighted by Gasteiger charge is 2.67. The molecule has 2 rings (SSSR count). The number of carbonyl (C=O) groups excluding carboxylic acids is 2. The molecule has 1 heterocycles. The van der Waals surface area contributed by atoms with Crippen LogP contribution in [0.4, 0.5) is 0 Å². The van der Waals surface area contributed by atoms with Crippen LogP contribution in [0, 0.1) is 16.7 Å². The molecule has 0 aromatic heterocycles. The van der Waals surface area contributed by atoms with E-state index >= 15 is 0 Å². The Kier molecular flexibility index (Phi) is 2.74. The molecule has 0 radical (unpaired) electrons. The number of esters is 2. The van der Waals surface area contributed by atoms with E-state index in [0.717, 1.165) is 12.8 Å². The lowest BCUT2D eigenvalue weighted by molar-refractivity contribution is -0.184. The second kappa shape index (κ2) is 3.55. The fourth-order valence-electron chi connectivity index (χ4n) is 2.80. The van der Waals surface area contributed by atoms with Crippen molar-refractivity contribution in [1.29, 1.82) is 0 Å². The number of fused-ring (bicyclic) bond motifs is 2. The van der Waals surface area contributed by atoms with Gasteiger partial charge in [0.1, 0.15) is 0 Å². The van der Waals surface area contributed by atoms with Crippen molar-refractivity contribution in [2.75, 3.05) is 10.7 Å². The molecule has 1 saturated carbocycles. The van der Waals surface area contributed by atoms with E-state index in [1.54, 1.807) is 0 Å². The molecule has 0 aromatic rings. The number of cyclic esters (lactones) is 2. The van der Waals surface area contributed by atoms with E-state index in [1.165, 1.54) is 0 Å². The zero-order valence-corrected chi connectivity index (χ0v) is 11.6. The van der Waals surface area contributed by atoms with Crippen molar-refractivity contribution in [3.05, 3.63) is 0 Å². The number of rotatable bonds is 2. The predicted octanol–water partition coefficient (Wildman–Crippen LogP) is 2.26. The highest BCUT2D eigenvalue weighted by Crippen LogP contribution is 2.61. The minimum Gasteiger partial charge on any atom is -0.392 e. The molecule has 2 bridgehead atoms. The molecule has 1 saturated heterocycles. The second-order valence-corrected chi connectivity index (χ2v) is 5.69. The zero-order chi connectivity index (χ0) is 11.3. The van der Waals surface area contributed by atoms with Crippen molar-refractivity contribution in [3.8, 4) is 0 Å². The van der Waals surface area contributed by atoms with Gasteiger partial charge in [-0.3, -0.25) is 9.59 Å². The number of hydrogen-bond acceptors (Lipinski definition) is 3. The summed E-state index contributed by atoms with van der Waals surface area (Å²) in [4.78, 5) is 23.5. The SMILES string of the molecule is C[C@]1(CBr)[C@@H]2CC[C@]1(CBr)C(=O)OC2=O. The monoisotopic (exact) mass is 338 g/mol. The van der Waals surface area contributed by atoms with Gasteiger partial charge in [0.15, 0.2) is 0 Å². The predicted molar refractivity (Wildman–Crippen MR) is 62.0 cm³/mol. The van der Waals surface area contributed by atoms with Crippen molar-refractivity contribution in [1.82, 2.24) is 0 Å². The Morgan fingerprint density at radius 1 is 1.40 bits per heavy atom. The van der Waals surface area contributed by atoms with Gasteiger partial charge in [-0.15, -0.1) is 0 Å². The maximum absolute atomic E-state index is 11.9. The molecule has 84 valence electrons. The molecular weight excluding hydrogens is 328 g/mol. The fourth-order valence-corrected chi connectivity index (χ4v) is 4.87. The van der Waals surface area contributed by atoms with Gasteiger partial charge in [-0.2, -0.15) is 0 Å². The fraction of sp³-hybridized carbons (Fsp3) is 0.800. The highest BCUT2D eigenvalue weighted by molar-refractivity contribution is 9.09. The lowest BCUT2D eigenvalue weighted by atomic mass is 9.64. The van der Waals surface area contributed by atoms with Crippen LogP contribution in [0.5, 0.6) is 0 Å². The largest absolute Gasteiger partial charge is 0.392 e. The Morgan fingerprint density at radius 2 is 2.07 bits per heavy atom. The van der Waals surface area contributed by atoms with Gasteiger partial charge >= 0.3 is 11.9 Å². The molecule has 0 aromatic carbocycles. The first-order valence-corrected chi connectivity index (χ1v) is 7.14. The molecule has 0 spiro atoms. The molecule has 3 atom stereocenters. The summed E-state index contributed by atoms with van der Waals surface area (Å²) in [6, 6.07) is 0. The Hall–Kier alpha value is 0.1000. The normalized spacial score (nSPS) is 44.3. The summed E-state index contributed by atoms with van der Waals surface area (Å²) in [6.45, 7) is 2.00. The molecule has 1 aliphatic heterocycles. The maximum Gasteiger partial charge on any atom is 0.321 e. The third-order valence-corrected chi connectivity index (χ3v) is 6.22.